The van der Waals surface area contributed by atoms with Gasteiger partial charge in [-0.1, -0.05) is 38.1 Å². The van der Waals surface area contributed by atoms with Gasteiger partial charge in [0.05, 0.1) is 12.6 Å². The molecule has 0 fully saturated rings. The highest BCUT2D eigenvalue weighted by atomic mass is 16.4. The normalized spacial score (nSPS) is 14.1. The SMILES string of the molecule is CC(C)C[C@H](NC(=O)[C@@H](N)Cc1ccc(O)cc1)C(=O)N[C@@H](Cc1ccc(O)cc1)C(=O)N[C@@H](CO)C(=O)O. The van der Waals surface area contributed by atoms with Crippen LogP contribution in [-0.2, 0) is 32.0 Å². The van der Waals surface area contributed by atoms with E-state index in [1.807, 2.05) is 13.8 Å². The number of rotatable bonds is 14. The fourth-order valence-corrected chi connectivity index (χ4v) is 3.77. The lowest BCUT2D eigenvalue weighted by molar-refractivity contribution is -0.143. The fraction of sp³-hybridized carbons (Fsp3) is 0.407. The number of nitrogens with two attached hydrogens (primary N) is 1. The highest BCUT2D eigenvalue weighted by Crippen LogP contribution is 2.14. The van der Waals surface area contributed by atoms with E-state index in [0.29, 0.717) is 11.1 Å². The smallest absolute Gasteiger partial charge is 0.328 e. The number of nitrogens with one attached hydrogen (secondary N) is 3. The molecule has 0 saturated heterocycles. The second-order valence-electron chi connectivity index (χ2n) is 9.68. The Balaban J connectivity index is 2.19. The van der Waals surface area contributed by atoms with Gasteiger partial charge in [-0.25, -0.2) is 4.79 Å². The lowest BCUT2D eigenvalue weighted by Crippen LogP contribution is -2.58. The zero-order chi connectivity index (χ0) is 29.1. The molecule has 0 saturated carbocycles. The van der Waals surface area contributed by atoms with Crippen LogP contribution in [0, 0.1) is 5.92 Å². The first-order chi connectivity index (χ1) is 18.4. The van der Waals surface area contributed by atoms with E-state index in [-0.39, 0.29) is 36.7 Å². The van der Waals surface area contributed by atoms with Gasteiger partial charge in [0.1, 0.15) is 29.6 Å². The third-order valence-corrected chi connectivity index (χ3v) is 5.88. The average Bonchev–Trinajstić information content (AvgIpc) is 2.88. The first-order valence-corrected chi connectivity index (χ1v) is 12.5. The van der Waals surface area contributed by atoms with Crippen molar-refractivity contribution in [3.63, 3.8) is 0 Å². The van der Waals surface area contributed by atoms with Crippen LogP contribution in [0.3, 0.4) is 0 Å². The highest BCUT2D eigenvalue weighted by molar-refractivity contribution is 5.94. The van der Waals surface area contributed by atoms with E-state index in [0.717, 1.165) is 0 Å². The zero-order valence-electron chi connectivity index (χ0n) is 21.8. The van der Waals surface area contributed by atoms with E-state index in [9.17, 15) is 39.6 Å². The summed E-state index contributed by atoms with van der Waals surface area (Å²) < 4.78 is 0. The number of hydrogen-bond donors (Lipinski definition) is 8. The van der Waals surface area contributed by atoms with E-state index < -0.39 is 54.5 Å². The number of aliphatic hydroxyl groups is 1. The van der Waals surface area contributed by atoms with Gasteiger partial charge in [-0.3, -0.25) is 14.4 Å². The Kier molecular flexibility index (Phi) is 11.7. The predicted molar refractivity (Wildman–Crippen MR) is 142 cm³/mol. The maximum atomic E-state index is 13.3. The number of carbonyl (C=O) groups is 4. The van der Waals surface area contributed by atoms with Crippen LogP contribution in [0.25, 0.3) is 0 Å². The number of hydrogen-bond acceptors (Lipinski definition) is 8. The molecule has 0 aliphatic rings. The van der Waals surface area contributed by atoms with Crippen LogP contribution >= 0.6 is 0 Å². The fourth-order valence-electron chi connectivity index (χ4n) is 3.77. The quantitative estimate of drug-likeness (QED) is 0.158. The molecule has 0 radical (unpaired) electrons. The number of benzene rings is 2. The summed E-state index contributed by atoms with van der Waals surface area (Å²) in [4.78, 5) is 50.4. The van der Waals surface area contributed by atoms with Crippen LogP contribution in [0.2, 0.25) is 0 Å². The molecule has 0 spiro atoms. The number of amides is 3. The monoisotopic (exact) mass is 544 g/mol. The Morgan fingerprint density at radius 1 is 0.718 bits per heavy atom. The van der Waals surface area contributed by atoms with E-state index >= 15 is 0 Å². The molecule has 0 heterocycles. The van der Waals surface area contributed by atoms with Gasteiger partial charge in [0.2, 0.25) is 17.7 Å². The lowest BCUT2D eigenvalue weighted by atomic mass is 10.00. The summed E-state index contributed by atoms with van der Waals surface area (Å²) in [5.74, 6) is -3.52. The van der Waals surface area contributed by atoms with Crippen molar-refractivity contribution in [2.45, 2.75) is 57.3 Å². The van der Waals surface area contributed by atoms with Crippen molar-refractivity contribution in [1.29, 1.82) is 0 Å². The summed E-state index contributed by atoms with van der Waals surface area (Å²) in [6.07, 6.45) is 0.329. The average molecular weight is 545 g/mol. The molecule has 3 amide bonds. The third kappa shape index (κ3) is 10.3. The summed E-state index contributed by atoms with van der Waals surface area (Å²) in [5.41, 5.74) is 7.33. The van der Waals surface area contributed by atoms with Crippen LogP contribution in [-0.4, -0.2) is 74.9 Å². The number of carboxylic acids is 1. The Morgan fingerprint density at radius 3 is 1.62 bits per heavy atom. The second-order valence-corrected chi connectivity index (χ2v) is 9.68. The van der Waals surface area contributed by atoms with Gasteiger partial charge in [-0.05, 0) is 54.2 Å². The number of aliphatic carboxylic acids is 1. The zero-order valence-corrected chi connectivity index (χ0v) is 21.8. The number of phenols is 2. The number of carbonyl (C=O) groups excluding carboxylic acids is 3. The number of phenolic OH excluding ortho intramolecular Hbond substituents is 2. The van der Waals surface area contributed by atoms with E-state index in [1.165, 1.54) is 36.4 Å². The Bertz CT molecular complexity index is 1120. The van der Waals surface area contributed by atoms with Crippen molar-refractivity contribution in [2.75, 3.05) is 6.61 Å². The Labute approximate surface area is 226 Å². The van der Waals surface area contributed by atoms with Crippen molar-refractivity contribution in [2.24, 2.45) is 11.7 Å². The van der Waals surface area contributed by atoms with Crippen LogP contribution < -0.4 is 21.7 Å². The van der Waals surface area contributed by atoms with E-state index in [4.69, 9.17) is 5.73 Å². The van der Waals surface area contributed by atoms with Crippen LogP contribution in [0.1, 0.15) is 31.4 Å². The van der Waals surface area contributed by atoms with Gasteiger partial charge in [0.25, 0.3) is 0 Å². The van der Waals surface area contributed by atoms with Crippen LogP contribution in [0.4, 0.5) is 0 Å². The molecule has 2 aromatic carbocycles. The standard InChI is InChI=1S/C27H36N4O8/c1-15(2)11-21(29-24(35)20(28)12-16-3-7-18(33)8-4-16)25(36)30-22(13-17-5-9-19(34)10-6-17)26(37)31-23(14-32)27(38)39/h3-10,15,20-23,32-34H,11-14,28H2,1-2H3,(H,29,35)(H,30,36)(H,31,37)(H,38,39)/t20-,21-,22-,23-/m0/s1. The van der Waals surface area contributed by atoms with Gasteiger partial charge in [-0.15, -0.1) is 0 Å². The molecule has 2 aromatic rings. The minimum Gasteiger partial charge on any atom is -0.508 e. The van der Waals surface area contributed by atoms with Crippen LogP contribution in [0.15, 0.2) is 48.5 Å². The van der Waals surface area contributed by atoms with Gasteiger partial charge in [0, 0.05) is 6.42 Å². The minimum atomic E-state index is -1.58. The van der Waals surface area contributed by atoms with Crippen molar-refractivity contribution in [3.8, 4) is 11.5 Å². The van der Waals surface area contributed by atoms with E-state index in [2.05, 4.69) is 16.0 Å². The van der Waals surface area contributed by atoms with E-state index in [1.54, 1.807) is 12.1 Å². The summed E-state index contributed by atoms with van der Waals surface area (Å²) in [6.45, 7) is 2.84. The van der Waals surface area contributed by atoms with Gasteiger partial charge >= 0.3 is 5.97 Å². The molecule has 4 atom stereocenters. The second kappa shape index (κ2) is 14.7. The largest absolute Gasteiger partial charge is 0.508 e. The first kappa shape index (κ1) is 31.1. The maximum absolute atomic E-state index is 13.3. The summed E-state index contributed by atoms with van der Waals surface area (Å²) in [7, 11) is 0. The molecular weight excluding hydrogens is 508 g/mol. The molecule has 39 heavy (non-hydrogen) atoms. The van der Waals surface area contributed by atoms with Crippen molar-refractivity contribution >= 4 is 23.7 Å². The third-order valence-electron chi connectivity index (χ3n) is 5.88. The van der Waals surface area contributed by atoms with Crippen LogP contribution in [0.5, 0.6) is 11.5 Å². The van der Waals surface area contributed by atoms with Gasteiger partial charge in [0.15, 0.2) is 0 Å². The van der Waals surface area contributed by atoms with Crippen molar-refractivity contribution < 1.29 is 39.6 Å². The van der Waals surface area contributed by atoms with Crippen molar-refractivity contribution in [3.05, 3.63) is 59.7 Å². The molecular formula is C27H36N4O8. The number of carboxylic acid groups (broad SMARTS) is 1. The Morgan fingerprint density at radius 2 is 1.15 bits per heavy atom. The molecule has 0 aliphatic carbocycles. The molecule has 0 aromatic heterocycles. The predicted octanol–water partition coefficient (Wildman–Crippen LogP) is -0.212. The summed E-state index contributed by atoms with van der Waals surface area (Å²) in [5, 5.41) is 44.9. The minimum absolute atomic E-state index is 0.00152. The molecule has 0 bridgehead atoms. The Hall–Kier alpha value is -4.16. The molecule has 212 valence electrons. The molecule has 2 rings (SSSR count). The van der Waals surface area contributed by atoms with Gasteiger partial charge < -0.3 is 42.1 Å². The number of aliphatic hydroxyl groups excluding tert-OH is 1. The topological polar surface area (TPSA) is 211 Å². The number of aromatic hydroxyl groups is 2. The van der Waals surface area contributed by atoms with Crippen molar-refractivity contribution in [1.82, 2.24) is 16.0 Å². The first-order valence-electron chi connectivity index (χ1n) is 12.5. The maximum Gasteiger partial charge on any atom is 0.328 e. The molecule has 0 aliphatic heterocycles. The summed E-state index contributed by atoms with van der Waals surface area (Å²) >= 11 is 0. The molecule has 12 heteroatoms. The summed E-state index contributed by atoms with van der Waals surface area (Å²) in [6, 6.07) is 7.20. The lowest BCUT2D eigenvalue weighted by Gasteiger charge is -2.26. The molecule has 9 N–H and O–H groups in total. The highest BCUT2D eigenvalue weighted by Gasteiger charge is 2.30. The molecule has 0 unspecified atom stereocenters. The molecule has 12 nitrogen and oxygen atoms in total. The van der Waals surface area contributed by atoms with Gasteiger partial charge in [-0.2, -0.15) is 0 Å².